The van der Waals surface area contributed by atoms with Gasteiger partial charge in [-0.05, 0) is 38.1 Å². The van der Waals surface area contributed by atoms with E-state index in [1.807, 2.05) is 37.3 Å². The van der Waals surface area contributed by atoms with Crippen molar-refractivity contribution in [3.8, 4) is 17.2 Å². The number of carbonyl (C=O) groups excluding carboxylic acids is 1. The van der Waals surface area contributed by atoms with Gasteiger partial charge in [0.25, 0.3) is 5.89 Å². The first-order chi connectivity index (χ1) is 12.2. The van der Waals surface area contributed by atoms with Gasteiger partial charge in [0.15, 0.2) is 6.10 Å². The highest BCUT2D eigenvalue weighted by molar-refractivity contribution is 5.92. The highest BCUT2D eigenvalue weighted by atomic mass is 16.6. The molecule has 0 N–H and O–H groups in total. The van der Waals surface area contributed by atoms with Crippen LogP contribution in [0.5, 0.6) is 5.75 Å². The molecule has 0 amide bonds. The lowest BCUT2D eigenvalue weighted by molar-refractivity contribution is 0.0276. The Morgan fingerprint density at radius 2 is 1.80 bits per heavy atom. The number of aromatic nitrogens is 2. The number of para-hydroxylation sites is 1. The Bertz CT molecular complexity index is 845. The fourth-order valence-corrected chi connectivity index (χ4v) is 2.29. The molecule has 128 valence electrons. The monoisotopic (exact) mass is 338 g/mol. The number of carbonyl (C=O) groups is 1. The van der Waals surface area contributed by atoms with Crippen molar-refractivity contribution >= 4 is 5.97 Å². The van der Waals surface area contributed by atoms with Gasteiger partial charge >= 0.3 is 5.97 Å². The molecule has 6 nitrogen and oxygen atoms in total. The molecule has 1 heterocycles. The highest BCUT2D eigenvalue weighted by Crippen LogP contribution is 2.25. The maximum Gasteiger partial charge on any atom is 0.342 e. The molecule has 3 aromatic rings. The van der Waals surface area contributed by atoms with Gasteiger partial charge in [-0.25, -0.2) is 4.79 Å². The van der Waals surface area contributed by atoms with Crippen LogP contribution in [-0.2, 0) is 4.74 Å². The van der Waals surface area contributed by atoms with Gasteiger partial charge in [-0.15, -0.1) is 10.2 Å². The van der Waals surface area contributed by atoms with Crippen LogP contribution in [0, 0.1) is 0 Å². The topological polar surface area (TPSA) is 74.5 Å². The molecule has 0 unspecified atom stereocenters. The molecular formula is C19H18N2O4. The van der Waals surface area contributed by atoms with Crippen molar-refractivity contribution in [3.05, 3.63) is 66.1 Å². The van der Waals surface area contributed by atoms with Crippen molar-refractivity contribution in [2.75, 3.05) is 6.61 Å². The number of nitrogens with zero attached hydrogens (tertiary/aromatic N) is 2. The lowest BCUT2D eigenvalue weighted by Gasteiger charge is -2.12. The lowest BCUT2D eigenvalue weighted by Crippen LogP contribution is -2.11. The summed E-state index contributed by atoms with van der Waals surface area (Å²) in [7, 11) is 0. The number of hydrogen-bond acceptors (Lipinski definition) is 6. The van der Waals surface area contributed by atoms with E-state index in [0.717, 1.165) is 5.56 Å². The van der Waals surface area contributed by atoms with Gasteiger partial charge in [0.2, 0.25) is 5.89 Å². The summed E-state index contributed by atoms with van der Waals surface area (Å²) in [5, 5.41) is 7.97. The number of esters is 1. The number of ether oxygens (including phenoxy) is 2. The van der Waals surface area contributed by atoms with Gasteiger partial charge in [-0.1, -0.05) is 30.3 Å². The molecule has 0 saturated carbocycles. The van der Waals surface area contributed by atoms with Crippen LogP contribution in [0.25, 0.3) is 11.5 Å². The van der Waals surface area contributed by atoms with Gasteiger partial charge in [0, 0.05) is 5.56 Å². The second-order valence-electron chi connectivity index (χ2n) is 5.29. The summed E-state index contributed by atoms with van der Waals surface area (Å²) in [6, 6.07) is 16.3. The Hall–Kier alpha value is -3.15. The normalized spacial score (nSPS) is 11.8. The van der Waals surface area contributed by atoms with Gasteiger partial charge in [-0.3, -0.25) is 0 Å². The summed E-state index contributed by atoms with van der Waals surface area (Å²) in [4.78, 5) is 12.4. The Kier molecular flexibility index (Phi) is 5.09. The van der Waals surface area contributed by atoms with Crippen molar-refractivity contribution < 1.29 is 18.7 Å². The molecule has 0 spiro atoms. The highest BCUT2D eigenvalue weighted by Gasteiger charge is 2.21. The fraction of sp³-hybridized carbons (Fsp3) is 0.211. The van der Waals surface area contributed by atoms with Gasteiger partial charge < -0.3 is 13.9 Å². The summed E-state index contributed by atoms with van der Waals surface area (Å²) in [6.07, 6.45) is -0.674. The lowest BCUT2D eigenvalue weighted by atomic mass is 10.2. The average Bonchev–Trinajstić information content (AvgIpc) is 3.13. The standard InChI is InChI=1S/C19H18N2O4/c1-3-23-16-12-8-7-11-15(16)19(22)24-13(2)17-20-21-18(25-17)14-9-5-4-6-10-14/h4-13H,3H2,1-2H3/t13-/m1/s1. The maximum absolute atomic E-state index is 12.4. The van der Waals surface area contributed by atoms with E-state index in [9.17, 15) is 4.79 Å². The van der Waals surface area contributed by atoms with Crippen LogP contribution in [-0.4, -0.2) is 22.8 Å². The van der Waals surface area contributed by atoms with Crippen LogP contribution in [0.3, 0.4) is 0 Å². The molecular weight excluding hydrogens is 320 g/mol. The number of hydrogen-bond donors (Lipinski definition) is 0. The van der Waals surface area contributed by atoms with Crippen molar-refractivity contribution in [2.24, 2.45) is 0 Å². The third-order valence-electron chi connectivity index (χ3n) is 3.50. The largest absolute Gasteiger partial charge is 0.493 e. The van der Waals surface area contributed by atoms with E-state index in [4.69, 9.17) is 13.9 Å². The van der Waals surface area contributed by atoms with Crippen LogP contribution < -0.4 is 4.74 Å². The summed E-state index contributed by atoms with van der Waals surface area (Å²) in [5.74, 6) is 0.600. The Labute approximate surface area is 145 Å². The quantitative estimate of drug-likeness (QED) is 0.631. The van der Waals surface area contributed by atoms with Crippen LogP contribution in [0.2, 0.25) is 0 Å². The molecule has 0 aliphatic carbocycles. The third-order valence-corrected chi connectivity index (χ3v) is 3.50. The van der Waals surface area contributed by atoms with E-state index in [1.165, 1.54) is 0 Å². The minimum absolute atomic E-state index is 0.237. The maximum atomic E-state index is 12.4. The molecule has 0 fully saturated rings. The molecule has 0 saturated heterocycles. The second kappa shape index (κ2) is 7.61. The molecule has 6 heteroatoms. The third kappa shape index (κ3) is 3.85. The molecule has 0 aliphatic heterocycles. The first-order valence-electron chi connectivity index (χ1n) is 8.00. The molecule has 25 heavy (non-hydrogen) atoms. The molecule has 1 aromatic heterocycles. The molecule has 0 aliphatic rings. The SMILES string of the molecule is CCOc1ccccc1C(=O)O[C@H](C)c1nnc(-c2ccccc2)o1. The van der Waals surface area contributed by atoms with Crippen molar-refractivity contribution in [1.82, 2.24) is 10.2 Å². The number of rotatable bonds is 6. The molecule has 2 aromatic carbocycles. The van der Waals surface area contributed by atoms with Crippen LogP contribution >= 0.6 is 0 Å². The Morgan fingerprint density at radius 3 is 2.56 bits per heavy atom. The van der Waals surface area contributed by atoms with Crippen molar-refractivity contribution in [1.29, 1.82) is 0 Å². The molecule has 1 atom stereocenters. The van der Waals surface area contributed by atoms with E-state index in [0.29, 0.717) is 23.8 Å². The van der Waals surface area contributed by atoms with Gasteiger partial charge in [0.05, 0.1) is 6.61 Å². The van der Waals surface area contributed by atoms with E-state index >= 15 is 0 Å². The minimum atomic E-state index is -0.674. The zero-order valence-corrected chi connectivity index (χ0v) is 14.0. The molecule has 0 bridgehead atoms. The first kappa shape index (κ1) is 16.7. The predicted molar refractivity (Wildman–Crippen MR) is 91.2 cm³/mol. The molecule has 0 radical (unpaired) electrons. The van der Waals surface area contributed by atoms with Crippen LogP contribution in [0.4, 0.5) is 0 Å². The predicted octanol–water partition coefficient (Wildman–Crippen LogP) is 4.05. The van der Waals surface area contributed by atoms with E-state index < -0.39 is 12.1 Å². The van der Waals surface area contributed by atoms with E-state index in [1.54, 1.807) is 31.2 Å². The zero-order chi connectivity index (χ0) is 17.6. The summed E-state index contributed by atoms with van der Waals surface area (Å²) in [6.45, 7) is 4.00. The van der Waals surface area contributed by atoms with Crippen molar-refractivity contribution in [3.63, 3.8) is 0 Å². The van der Waals surface area contributed by atoms with E-state index in [-0.39, 0.29) is 5.89 Å². The first-order valence-corrected chi connectivity index (χ1v) is 8.00. The fourth-order valence-electron chi connectivity index (χ4n) is 2.29. The number of benzene rings is 2. The van der Waals surface area contributed by atoms with Gasteiger partial charge in [-0.2, -0.15) is 0 Å². The Morgan fingerprint density at radius 1 is 1.08 bits per heavy atom. The summed E-state index contributed by atoms with van der Waals surface area (Å²) < 4.78 is 16.5. The van der Waals surface area contributed by atoms with Crippen molar-refractivity contribution in [2.45, 2.75) is 20.0 Å². The van der Waals surface area contributed by atoms with Crippen LogP contribution in [0.1, 0.15) is 36.2 Å². The smallest absolute Gasteiger partial charge is 0.342 e. The minimum Gasteiger partial charge on any atom is -0.493 e. The van der Waals surface area contributed by atoms with Crippen LogP contribution in [0.15, 0.2) is 59.0 Å². The summed E-state index contributed by atoms with van der Waals surface area (Å²) in [5.41, 5.74) is 1.17. The van der Waals surface area contributed by atoms with Gasteiger partial charge in [0.1, 0.15) is 11.3 Å². The average molecular weight is 338 g/mol. The van der Waals surface area contributed by atoms with E-state index in [2.05, 4.69) is 10.2 Å². The second-order valence-corrected chi connectivity index (χ2v) is 5.29. The Balaban J connectivity index is 1.73. The zero-order valence-electron chi connectivity index (χ0n) is 14.0. The molecule has 3 rings (SSSR count). The summed E-state index contributed by atoms with van der Waals surface area (Å²) >= 11 is 0.